The molecule has 0 aliphatic rings. The average molecular weight is 1040 g/mol. The lowest BCUT2D eigenvalue weighted by Crippen LogP contribution is -2.17. The van der Waals surface area contributed by atoms with Crippen molar-refractivity contribution < 1.29 is 34.4 Å². The molecule has 0 aliphatic heterocycles. The highest BCUT2D eigenvalue weighted by Crippen LogP contribution is 2.45. The zero-order valence-electron chi connectivity index (χ0n) is 41.2. The van der Waals surface area contributed by atoms with Crippen LogP contribution >= 0.6 is 14.3 Å². The highest BCUT2D eigenvalue weighted by molar-refractivity contribution is 8.01. The lowest BCUT2D eigenvalue weighted by molar-refractivity contribution is 0.573. The molecule has 20 heteroatoms. The molecule has 390 valence electrons. The summed E-state index contributed by atoms with van der Waals surface area (Å²) >= 11 is 0. The zero-order valence-corrected chi connectivity index (χ0v) is 47.9. The first-order valence-corrected chi connectivity index (χ1v) is 35.5. The maximum Gasteiger partial charge on any atom is 0.0869 e. The van der Waals surface area contributed by atoms with E-state index < -0.39 is 74.4 Å². The second kappa shape index (κ2) is 44.5. The molecule has 0 aliphatic carbocycles. The van der Waals surface area contributed by atoms with Crippen molar-refractivity contribution in [3.63, 3.8) is 0 Å². The smallest absolute Gasteiger partial charge is 0.0869 e. The molecule has 0 aromatic heterocycles. The first-order chi connectivity index (χ1) is 24.6. The Morgan fingerprint density at radius 3 is 0.656 bits per heavy atom. The summed E-state index contributed by atoms with van der Waals surface area (Å²) in [5.41, 5.74) is 13.5. The Labute approximate surface area is 392 Å². The summed E-state index contributed by atoms with van der Waals surface area (Å²) in [6.45, 7) is 38.0. The Balaban J connectivity index is -0.0000000447. The number of nitrogens with one attached hydrogen (secondary N) is 2. The van der Waals surface area contributed by atoms with Crippen LogP contribution < -0.4 is 11.5 Å². The molecule has 0 saturated carbocycles. The van der Waals surface area contributed by atoms with Gasteiger partial charge in [0, 0.05) is 132 Å². The van der Waals surface area contributed by atoms with E-state index in [9.17, 15) is 34.4 Å². The van der Waals surface area contributed by atoms with E-state index in [0.717, 1.165) is 6.16 Å². The van der Waals surface area contributed by atoms with Crippen LogP contribution in [0.15, 0.2) is 0 Å². The predicted octanol–water partition coefficient (Wildman–Crippen LogP) is 10.7. The summed E-state index contributed by atoms with van der Waals surface area (Å²) in [6, 6.07) is 0. The third-order valence-corrected chi connectivity index (χ3v) is 25.5. The molecule has 0 fully saturated rings. The van der Waals surface area contributed by atoms with Gasteiger partial charge in [-0.2, -0.15) is 0 Å². The second-order valence-electron chi connectivity index (χ2n) is 16.4. The topological polar surface area (TPSA) is 236 Å². The van der Waals surface area contributed by atoms with E-state index in [1.54, 1.807) is 52.7 Å². The molecule has 0 aromatic carbocycles. The van der Waals surface area contributed by atoms with Crippen LogP contribution in [0.2, 0.25) is 0 Å². The van der Waals surface area contributed by atoms with Crippen LogP contribution in [-0.2, 0) is 69.2 Å². The highest BCUT2D eigenvalue weighted by Gasteiger charge is 2.16. The first kappa shape index (κ1) is 92.0. The minimum atomic E-state index is -2.24. The first-order valence-electron chi connectivity index (χ1n) is 18.9. The van der Waals surface area contributed by atoms with E-state index in [2.05, 4.69) is 0 Å². The molecule has 0 amide bonds. The molecule has 0 bridgehead atoms. The van der Waals surface area contributed by atoms with Crippen molar-refractivity contribution >= 4 is 85.4 Å². The Morgan fingerprint density at radius 1 is 0.508 bits per heavy atom. The Bertz CT molecular complexity index is 1540. The second-order valence-corrected chi connectivity index (χ2v) is 40.0. The van der Waals surface area contributed by atoms with Crippen molar-refractivity contribution in [3.05, 3.63) is 0 Å². The fourth-order valence-electron chi connectivity index (χ4n) is 0.679. The molecule has 0 radical (unpaired) electrons. The summed E-state index contributed by atoms with van der Waals surface area (Å²) in [6.07, 6.45) is 10.5. The van der Waals surface area contributed by atoms with Gasteiger partial charge in [-0.25, -0.2) is 8.42 Å². The van der Waals surface area contributed by atoms with Crippen LogP contribution in [0.1, 0.15) is 147 Å². The van der Waals surface area contributed by atoms with E-state index in [0.29, 0.717) is 21.8 Å². The average Bonchev–Trinajstić information content (AvgIpc) is 3.01. The Kier molecular flexibility index (Phi) is 67.0. The molecule has 61 heavy (non-hydrogen) atoms. The fourth-order valence-corrected chi connectivity index (χ4v) is 2.04. The van der Waals surface area contributed by atoms with Gasteiger partial charge in [-0.15, -0.1) is 0 Å². The van der Waals surface area contributed by atoms with Gasteiger partial charge in [-0.1, -0.05) is 147 Å². The summed E-state index contributed by atoms with van der Waals surface area (Å²) < 4.78 is 99.8. The third kappa shape index (κ3) is 72.5. The molecule has 0 spiro atoms. The highest BCUT2D eigenvalue weighted by atomic mass is 32.2. The van der Waals surface area contributed by atoms with E-state index in [4.69, 9.17) is 21.0 Å². The Morgan fingerprint density at radius 2 is 0.656 bits per heavy atom. The number of nitrogens with two attached hydrogens (primary N) is 2. The van der Waals surface area contributed by atoms with E-state index in [1.165, 1.54) is 23.5 Å². The number of rotatable bonds is 9. The molecule has 0 rings (SSSR count). The van der Waals surface area contributed by atoms with Crippen molar-refractivity contribution in [1.29, 1.82) is 9.56 Å². The molecular formula is C41H112N4O8P2S6. The summed E-state index contributed by atoms with van der Waals surface area (Å²) in [7, 11) is -12.9. The maximum absolute atomic E-state index is 11.3. The summed E-state index contributed by atoms with van der Waals surface area (Å²) in [4.78, 5) is 0. The van der Waals surface area contributed by atoms with Gasteiger partial charge in [0.05, 0.1) is 14.3 Å². The number of hydrogen-bond donors (Lipinski definition) is 4. The van der Waals surface area contributed by atoms with Gasteiger partial charge in [-0.05, 0) is 45.2 Å². The van der Waals surface area contributed by atoms with Crippen LogP contribution in [0.3, 0.4) is 0 Å². The largest absolute Gasteiger partial charge is 0.324 e. The fraction of sp³-hybridized carbons (Fsp3) is 0.951. The molecule has 0 heterocycles. The molecule has 7 atom stereocenters. The normalized spacial score (nSPS) is 16.1. The molecule has 6 N–H and O–H groups in total. The van der Waals surface area contributed by atoms with Crippen LogP contribution in [0.4, 0.5) is 0 Å². The van der Waals surface area contributed by atoms with Crippen molar-refractivity contribution in [2.24, 2.45) is 11.5 Å². The maximum atomic E-state index is 11.3. The lowest BCUT2D eigenvalue weighted by atomic mass is 10.6. The lowest BCUT2D eigenvalue weighted by Gasteiger charge is -2.13. The van der Waals surface area contributed by atoms with Gasteiger partial charge in [0.15, 0.2) is 0 Å². The summed E-state index contributed by atoms with van der Waals surface area (Å²) in [5, 5.41) is 0.954. The van der Waals surface area contributed by atoms with Crippen LogP contribution in [0, 0.1) is 9.56 Å². The van der Waals surface area contributed by atoms with Gasteiger partial charge in [0.1, 0.15) is 0 Å². The zero-order chi connectivity index (χ0) is 48.9. The van der Waals surface area contributed by atoms with E-state index in [1.807, 2.05) is 110 Å². The van der Waals surface area contributed by atoms with Gasteiger partial charge in [0.25, 0.3) is 0 Å². The quantitative estimate of drug-likeness (QED) is 0.126. The van der Waals surface area contributed by atoms with E-state index >= 15 is 0 Å². The molecule has 3 unspecified atom stereocenters. The monoisotopic (exact) mass is 1040 g/mol. The van der Waals surface area contributed by atoms with Gasteiger partial charge in [-0.3, -0.25) is 26.4 Å². The third-order valence-electron chi connectivity index (χ3n) is 8.50. The molecule has 12 nitrogen and oxygen atoms in total. The summed E-state index contributed by atoms with van der Waals surface area (Å²) in [5.74, 6) is 0. The van der Waals surface area contributed by atoms with Crippen molar-refractivity contribution in [1.82, 2.24) is 0 Å². The van der Waals surface area contributed by atoms with Gasteiger partial charge in [0.2, 0.25) is 0 Å². The molecule has 0 aromatic rings. The number of hydrogen-bond acceptors (Lipinski definition) is 10. The van der Waals surface area contributed by atoms with Crippen LogP contribution in [-0.4, -0.2) is 143 Å². The SMILES string of the molecule is C.C.C.C.CC(C)P(C)(C)=O.CC(C)S(C)(=O)=CN.CC(C)S(C)(=O)=CN.CC(C)[S@@](C)(=N)=O.CC(C)[S@@](C)=O.CC(C)[S@](C)(=N)=O.CC(C)[S@](C)=O.CCP(C)(=O)C(C)C. The molecule has 0 saturated heterocycles. The van der Waals surface area contributed by atoms with E-state index in [-0.39, 0.29) is 50.7 Å². The van der Waals surface area contributed by atoms with Gasteiger partial charge < -0.3 is 20.6 Å². The molecular weight excluding hydrogens is 931 g/mol. The van der Waals surface area contributed by atoms with Gasteiger partial charge >= 0.3 is 0 Å². The standard InChI is InChI=1S/C6H15OP.2C5H13NOS.C5H13OP.2C4H11NOS.2C4H10OS.4CH4/c1-5-8(4,7)6(2)3;2*1-5(2)8(3,7)4-6;1-5(2)7(3,4)6;2*1-4(2)7(3,5)6;2*1-4(2)6(3)5;;;;/h6H,5H2,1-4H3;2*4-5H,6H2,1-3H3;5H,1-4H3;2*4-5H,1-3H3;2*4H,1-3H3;4*1H4/t;;;;2*7-;2*6-;;;;/m....1010..../s1. The van der Waals surface area contributed by atoms with Crippen LogP contribution in [0.25, 0.3) is 0 Å². The Hall–Kier alpha value is 0.620. The van der Waals surface area contributed by atoms with Crippen LogP contribution in [0.5, 0.6) is 0 Å². The predicted molar refractivity (Wildman–Crippen MR) is 302 cm³/mol. The van der Waals surface area contributed by atoms with Crippen molar-refractivity contribution in [3.8, 4) is 0 Å². The van der Waals surface area contributed by atoms with Crippen molar-refractivity contribution in [2.75, 3.05) is 63.7 Å². The van der Waals surface area contributed by atoms with Crippen molar-refractivity contribution in [2.45, 2.75) is 190 Å². The minimum absolute atomic E-state index is 0. The minimum Gasteiger partial charge on any atom is -0.324 e.